The first-order valence-corrected chi connectivity index (χ1v) is 11.1. The summed E-state index contributed by atoms with van der Waals surface area (Å²) in [5.41, 5.74) is 3.83. The fraction of sp³-hybridized carbons (Fsp3) is 0.520. The number of ether oxygens (including phenoxy) is 3. The third-order valence-corrected chi connectivity index (χ3v) is 6.83. The molecule has 0 spiro atoms. The zero-order chi connectivity index (χ0) is 22.0. The lowest BCUT2D eigenvalue weighted by Crippen LogP contribution is -2.50. The van der Waals surface area contributed by atoms with E-state index in [1.807, 2.05) is 18.2 Å². The fourth-order valence-corrected chi connectivity index (χ4v) is 5.20. The van der Waals surface area contributed by atoms with Crippen molar-refractivity contribution in [3.8, 4) is 23.0 Å². The average Bonchev–Trinajstić information content (AvgIpc) is 2.79. The molecule has 2 unspecified atom stereocenters. The Morgan fingerprint density at radius 3 is 2.42 bits per heavy atom. The molecule has 0 bridgehead atoms. The average molecular weight is 427 g/mol. The Balaban J connectivity index is 1.47. The van der Waals surface area contributed by atoms with E-state index in [9.17, 15) is 5.11 Å². The Bertz CT molecular complexity index is 917. The minimum atomic E-state index is 0.208. The summed E-state index contributed by atoms with van der Waals surface area (Å²) >= 11 is 0. The Labute approximate surface area is 185 Å². The zero-order valence-electron chi connectivity index (χ0n) is 19.1. The highest BCUT2D eigenvalue weighted by molar-refractivity contribution is 5.49. The van der Waals surface area contributed by atoms with E-state index < -0.39 is 0 Å². The predicted octanol–water partition coefficient (Wildman–Crippen LogP) is 4.00. The van der Waals surface area contributed by atoms with Gasteiger partial charge < -0.3 is 19.3 Å². The molecule has 0 saturated carbocycles. The van der Waals surface area contributed by atoms with Gasteiger partial charge in [0, 0.05) is 31.7 Å². The maximum atomic E-state index is 10.1. The molecule has 168 valence electrons. The van der Waals surface area contributed by atoms with Crippen LogP contribution in [-0.4, -0.2) is 61.9 Å². The minimum absolute atomic E-state index is 0.208. The van der Waals surface area contributed by atoms with Crippen molar-refractivity contribution >= 4 is 0 Å². The molecule has 2 heterocycles. The van der Waals surface area contributed by atoms with Crippen molar-refractivity contribution < 1.29 is 19.3 Å². The SMILES string of the molecule is COc1ccc(CN2CCCC(N3CCc4cc(OC)c(OC)cc4C3C)C2)cc1O. The van der Waals surface area contributed by atoms with Crippen LogP contribution in [0.4, 0.5) is 0 Å². The van der Waals surface area contributed by atoms with Crippen LogP contribution in [0.2, 0.25) is 0 Å². The Hall–Kier alpha value is -2.44. The molecular weight excluding hydrogens is 392 g/mol. The molecule has 0 aliphatic carbocycles. The van der Waals surface area contributed by atoms with Gasteiger partial charge in [-0.2, -0.15) is 0 Å². The summed E-state index contributed by atoms with van der Waals surface area (Å²) in [4.78, 5) is 5.16. The van der Waals surface area contributed by atoms with E-state index >= 15 is 0 Å². The normalized spacial score (nSPS) is 22.1. The number of methoxy groups -OCH3 is 3. The molecule has 2 aliphatic heterocycles. The van der Waals surface area contributed by atoms with E-state index in [-0.39, 0.29) is 5.75 Å². The number of piperidine rings is 1. The van der Waals surface area contributed by atoms with E-state index in [4.69, 9.17) is 14.2 Å². The van der Waals surface area contributed by atoms with Gasteiger partial charge in [-0.05, 0) is 73.7 Å². The van der Waals surface area contributed by atoms with Crippen LogP contribution in [0.3, 0.4) is 0 Å². The van der Waals surface area contributed by atoms with Gasteiger partial charge in [-0.15, -0.1) is 0 Å². The topological polar surface area (TPSA) is 54.4 Å². The lowest BCUT2D eigenvalue weighted by molar-refractivity contribution is 0.0607. The molecule has 31 heavy (non-hydrogen) atoms. The fourth-order valence-electron chi connectivity index (χ4n) is 5.20. The summed E-state index contributed by atoms with van der Waals surface area (Å²) in [6.07, 6.45) is 3.44. The number of phenols is 1. The molecule has 1 N–H and O–H groups in total. The van der Waals surface area contributed by atoms with Crippen LogP contribution in [0.5, 0.6) is 23.0 Å². The van der Waals surface area contributed by atoms with Crippen LogP contribution in [0.25, 0.3) is 0 Å². The Kier molecular flexibility index (Phi) is 6.58. The maximum absolute atomic E-state index is 10.1. The third-order valence-electron chi connectivity index (χ3n) is 6.83. The van der Waals surface area contributed by atoms with Gasteiger partial charge in [0.25, 0.3) is 0 Å². The van der Waals surface area contributed by atoms with E-state index in [2.05, 4.69) is 28.9 Å². The van der Waals surface area contributed by atoms with Crippen molar-refractivity contribution in [2.45, 2.75) is 44.8 Å². The molecule has 6 nitrogen and oxygen atoms in total. The summed E-state index contributed by atoms with van der Waals surface area (Å²) in [5, 5.41) is 10.1. The van der Waals surface area contributed by atoms with Crippen molar-refractivity contribution in [1.29, 1.82) is 0 Å². The van der Waals surface area contributed by atoms with Gasteiger partial charge in [-0.25, -0.2) is 0 Å². The second-order valence-corrected chi connectivity index (χ2v) is 8.61. The van der Waals surface area contributed by atoms with Gasteiger partial charge in [0.2, 0.25) is 0 Å². The number of rotatable bonds is 6. The summed E-state index contributed by atoms with van der Waals surface area (Å²) in [5.74, 6) is 2.35. The number of likely N-dealkylation sites (tertiary alicyclic amines) is 1. The quantitative estimate of drug-likeness (QED) is 0.754. The number of fused-ring (bicyclic) bond motifs is 1. The highest BCUT2D eigenvalue weighted by Gasteiger charge is 2.33. The summed E-state index contributed by atoms with van der Waals surface area (Å²) in [6.45, 7) is 6.35. The van der Waals surface area contributed by atoms with Crippen molar-refractivity contribution in [1.82, 2.24) is 9.80 Å². The van der Waals surface area contributed by atoms with Gasteiger partial charge in [-0.3, -0.25) is 9.80 Å². The van der Waals surface area contributed by atoms with Gasteiger partial charge >= 0.3 is 0 Å². The van der Waals surface area contributed by atoms with Gasteiger partial charge in [0.05, 0.1) is 21.3 Å². The largest absolute Gasteiger partial charge is 0.504 e. The Morgan fingerprint density at radius 1 is 0.968 bits per heavy atom. The molecule has 6 heteroatoms. The van der Waals surface area contributed by atoms with E-state index in [0.717, 1.165) is 49.7 Å². The molecule has 1 saturated heterocycles. The van der Waals surface area contributed by atoms with Crippen LogP contribution in [-0.2, 0) is 13.0 Å². The monoisotopic (exact) mass is 426 g/mol. The number of benzene rings is 2. The summed E-state index contributed by atoms with van der Waals surface area (Å²) < 4.78 is 16.2. The molecular formula is C25H34N2O4. The molecule has 2 aromatic carbocycles. The van der Waals surface area contributed by atoms with Crippen molar-refractivity contribution in [2.75, 3.05) is 41.0 Å². The first-order valence-electron chi connectivity index (χ1n) is 11.1. The van der Waals surface area contributed by atoms with Crippen molar-refractivity contribution in [3.63, 3.8) is 0 Å². The van der Waals surface area contributed by atoms with E-state index in [1.54, 1.807) is 21.3 Å². The summed E-state index contributed by atoms with van der Waals surface area (Å²) in [6, 6.07) is 10.9. The molecule has 2 atom stereocenters. The maximum Gasteiger partial charge on any atom is 0.161 e. The van der Waals surface area contributed by atoms with Crippen LogP contribution in [0, 0.1) is 0 Å². The zero-order valence-corrected chi connectivity index (χ0v) is 19.1. The Morgan fingerprint density at radius 2 is 1.71 bits per heavy atom. The van der Waals surface area contributed by atoms with E-state index in [0.29, 0.717) is 17.8 Å². The molecule has 1 fully saturated rings. The molecule has 2 aliphatic rings. The standard InChI is InChI=1S/C25H34N2O4/c1-17-21-14-25(31-4)24(30-3)13-19(21)9-11-27(17)20-6-5-10-26(16-20)15-18-7-8-23(29-2)22(28)12-18/h7-8,12-14,17,20,28H,5-6,9-11,15-16H2,1-4H3. The molecule has 0 aromatic heterocycles. The number of phenolic OH excluding ortho intramolecular Hbond substituents is 1. The number of hydrogen-bond acceptors (Lipinski definition) is 6. The second kappa shape index (κ2) is 9.37. The number of hydrogen-bond donors (Lipinski definition) is 1. The smallest absolute Gasteiger partial charge is 0.161 e. The lowest BCUT2D eigenvalue weighted by Gasteiger charge is -2.45. The van der Waals surface area contributed by atoms with Gasteiger partial charge in [0.15, 0.2) is 23.0 Å². The summed E-state index contributed by atoms with van der Waals surface area (Å²) in [7, 11) is 4.97. The number of nitrogens with zero attached hydrogens (tertiary/aromatic N) is 2. The minimum Gasteiger partial charge on any atom is -0.504 e. The van der Waals surface area contributed by atoms with Crippen LogP contribution in [0.1, 0.15) is 42.5 Å². The second-order valence-electron chi connectivity index (χ2n) is 8.61. The molecule has 2 aromatic rings. The van der Waals surface area contributed by atoms with E-state index in [1.165, 1.54) is 24.0 Å². The third kappa shape index (κ3) is 4.46. The van der Waals surface area contributed by atoms with Crippen molar-refractivity contribution in [3.05, 3.63) is 47.0 Å². The molecule has 0 radical (unpaired) electrons. The first-order chi connectivity index (χ1) is 15.0. The highest BCUT2D eigenvalue weighted by Crippen LogP contribution is 2.39. The predicted molar refractivity (Wildman–Crippen MR) is 121 cm³/mol. The number of aromatic hydroxyl groups is 1. The first kappa shape index (κ1) is 21.8. The molecule has 4 rings (SSSR count). The molecule has 0 amide bonds. The van der Waals surface area contributed by atoms with Crippen LogP contribution < -0.4 is 14.2 Å². The van der Waals surface area contributed by atoms with Gasteiger partial charge in [-0.1, -0.05) is 6.07 Å². The highest BCUT2D eigenvalue weighted by atomic mass is 16.5. The van der Waals surface area contributed by atoms with Gasteiger partial charge in [0.1, 0.15) is 0 Å². The van der Waals surface area contributed by atoms with Crippen molar-refractivity contribution in [2.24, 2.45) is 0 Å². The van der Waals surface area contributed by atoms with Crippen LogP contribution in [0.15, 0.2) is 30.3 Å². The van der Waals surface area contributed by atoms with Crippen LogP contribution >= 0.6 is 0 Å². The lowest BCUT2D eigenvalue weighted by atomic mass is 9.90.